The van der Waals surface area contributed by atoms with E-state index < -0.39 is 0 Å². The van der Waals surface area contributed by atoms with Gasteiger partial charge in [-0.3, -0.25) is 0 Å². The van der Waals surface area contributed by atoms with Crippen molar-refractivity contribution in [1.82, 2.24) is 15.1 Å². The summed E-state index contributed by atoms with van der Waals surface area (Å²) in [6, 6.07) is 6.61. The van der Waals surface area contributed by atoms with Gasteiger partial charge in [-0.05, 0) is 17.7 Å². The van der Waals surface area contributed by atoms with Crippen molar-refractivity contribution in [2.24, 2.45) is 0 Å². The lowest BCUT2D eigenvalue weighted by atomic mass is 10.1. The van der Waals surface area contributed by atoms with Crippen molar-refractivity contribution in [3.8, 4) is 5.69 Å². The predicted molar refractivity (Wildman–Crippen MR) is 78.2 cm³/mol. The number of nitrogens with zero attached hydrogens (tertiary/aromatic N) is 2. The van der Waals surface area contributed by atoms with E-state index in [2.05, 4.69) is 46.3 Å². The lowest BCUT2D eigenvalue weighted by Crippen LogP contribution is -2.22. The van der Waals surface area contributed by atoms with Gasteiger partial charge in [0.2, 0.25) is 0 Å². The number of hydrogen-bond donors (Lipinski definition) is 1. The first-order valence-corrected chi connectivity index (χ1v) is 6.95. The van der Waals surface area contributed by atoms with Crippen LogP contribution >= 0.6 is 27.5 Å². The van der Waals surface area contributed by atoms with Crippen molar-refractivity contribution in [3.05, 3.63) is 45.7 Å². The average molecular weight is 329 g/mol. The molecule has 0 aliphatic heterocycles. The van der Waals surface area contributed by atoms with Crippen molar-refractivity contribution < 1.29 is 0 Å². The van der Waals surface area contributed by atoms with Crippen LogP contribution in [0.5, 0.6) is 0 Å². The summed E-state index contributed by atoms with van der Waals surface area (Å²) in [5.74, 6) is 0. The summed E-state index contributed by atoms with van der Waals surface area (Å²) in [5, 5.41) is 8.30. The third kappa shape index (κ3) is 3.34. The van der Waals surface area contributed by atoms with Crippen LogP contribution in [0.2, 0.25) is 5.02 Å². The molecule has 0 atom stereocenters. The van der Waals surface area contributed by atoms with E-state index in [1.807, 2.05) is 18.3 Å². The van der Waals surface area contributed by atoms with Gasteiger partial charge in [-0.2, -0.15) is 5.10 Å². The quantitative estimate of drug-likeness (QED) is 0.925. The lowest BCUT2D eigenvalue weighted by molar-refractivity contribution is 0.586. The molecule has 2 aromatic rings. The molecule has 1 aromatic heterocycles. The van der Waals surface area contributed by atoms with Gasteiger partial charge in [0.1, 0.15) is 0 Å². The first-order chi connectivity index (χ1) is 8.56. The molecule has 1 N–H and O–H groups in total. The summed E-state index contributed by atoms with van der Waals surface area (Å²) in [6.45, 7) is 5.06. The maximum Gasteiger partial charge on any atom is 0.0790 e. The molecule has 0 aliphatic rings. The molecular weight excluding hydrogens is 314 g/mol. The van der Waals surface area contributed by atoms with Crippen LogP contribution in [0.15, 0.2) is 35.1 Å². The first kappa shape index (κ1) is 13.6. The summed E-state index contributed by atoms with van der Waals surface area (Å²) in [5.41, 5.74) is 2.22. The van der Waals surface area contributed by atoms with Gasteiger partial charge in [0, 0.05) is 23.3 Å². The molecule has 0 bridgehead atoms. The van der Waals surface area contributed by atoms with Gasteiger partial charge in [-0.1, -0.05) is 47.4 Å². The van der Waals surface area contributed by atoms with E-state index in [1.54, 1.807) is 10.9 Å². The minimum Gasteiger partial charge on any atom is -0.310 e. The average Bonchev–Trinajstić information content (AvgIpc) is 2.74. The Morgan fingerprint density at radius 3 is 2.83 bits per heavy atom. The molecule has 0 amide bonds. The van der Waals surface area contributed by atoms with Crippen molar-refractivity contribution in [1.29, 1.82) is 0 Å². The second-order valence-electron chi connectivity index (χ2n) is 4.41. The van der Waals surface area contributed by atoms with Crippen LogP contribution in [0.1, 0.15) is 19.4 Å². The Hall–Kier alpha value is -0.840. The van der Waals surface area contributed by atoms with Gasteiger partial charge < -0.3 is 5.32 Å². The minimum absolute atomic E-state index is 0.447. The number of rotatable bonds is 4. The molecule has 18 heavy (non-hydrogen) atoms. The Balaban J connectivity index is 2.34. The molecule has 3 nitrogen and oxygen atoms in total. The van der Waals surface area contributed by atoms with Crippen LogP contribution in [0, 0.1) is 0 Å². The Kier molecular flexibility index (Phi) is 4.43. The summed E-state index contributed by atoms with van der Waals surface area (Å²) in [6.07, 6.45) is 3.45. The summed E-state index contributed by atoms with van der Waals surface area (Å²) in [4.78, 5) is 0. The van der Waals surface area contributed by atoms with E-state index in [0.717, 1.165) is 16.7 Å². The molecule has 1 aromatic carbocycles. The first-order valence-electron chi connectivity index (χ1n) is 5.78. The Labute approximate surface area is 120 Å². The molecule has 0 saturated carbocycles. The van der Waals surface area contributed by atoms with Gasteiger partial charge in [0.25, 0.3) is 0 Å². The highest BCUT2D eigenvalue weighted by Gasteiger charge is 2.07. The molecule has 0 saturated heterocycles. The maximum absolute atomic E-state index is 5.92. The van der Waals surface area contributed by atoms with Crippen molar-refractivity contribution in [2.75, 3.05) is 0 Å². The standard InChI is InChI=1S/C13H15BrClN3/c1-9(2)16-6-10-3-4-11(14)5-13(10)18-8-12(15)7-17-18/h3-5,7-9,16H,6H2,1-2H3. The third-order valence-corrected chi connectivity index (χ3v) is 3.23. The Bertz CT molecular complexity index is 537. The van der Waals surface area contributed by atoms with Crippen LogP contribution in [0.4, 0.5) is 0 Å². The van der Waals surface area contributed by atoms with E-state index in [0.29, 0.717) is 11.1 Å². The largest absolute Gasteiger partial charge is 0.310 e. The smallest absolute Gasteiger partial charge is 0.0790 e. The van der Waals surface area contributed by atoms with Crippen LogP contribution in [0.25, 0.3) is 5.69 Å². The van der Waals surface area contributed by atoms with E-state index in [4.69, 9.17) is 11.6 Å². The Morgan fingerprint density at radius 2 is 2.22 bits per heavy atom. The fraction of sp³-hybridized carbons (Fsp3) is 0.308. The zero-order chi connectivity index (χ0) is 13.1. The fourth-order valence-corrected chi connectivity index (χ4v) is 2.13. The van der Waals surface area contributed by atoms with Crippen LogP contribution in [-0.2, 0) is 6.54 Å². The number of aromatic nitrogens is 2. The van der Waals surface area contributed by atoms with Gasteiger partial charge in [-0.25, -0.2) is 4.68 Å². The van der Waals surface area contributed by atoms with Gasteiger partial charge in [0.05, 0.1) is 16.9 Å². The molecule has 0 unspecified atom stereocenters. The van der Waals surface area contributed by atoms with Crippen LogP contribution in [-0.4, -0.2) is 15.8 Å². The maximum atomic E-state index is 5.92. The SMILES string of the molecule is CC(C)NCc1ccc(Br)cc1-n1cc(Cl)cn1. The molecule has 5 heteroatoms. The zero-order valence-electron chi connectivity index (χ0n) is 10.3. The van der Waals surface area contributed by atoms with Crippen LogP contribution < -0.4 is 5.32 Å². The summed E-state index contributed by atoms with van der Waals surface area (Å²) < 4.78 is 2.82. The molecular formula is C13H15BrClN3. The van der Waals surface area contributed by atoms with Crippen LogP contribution in [0.3, 0.4) is 0 Å². The molecule has 0 fully saturated rings. The second-order valence-corrected chi connectivity index (χ2v) is 5.76. The molecule has 0 radical (unpaired) electrons. The zero-order valence-corrected chi connectivity index (χ0v) is 12.7. The van der Waals surface area contributed by atoms with E-state index >= 15 is 0 Å². The second kappa shape index (κ2) is 5.87. The minimum atomic E-state index is 0.447. The molecule has 0 aliphatic carbocycles. The highest BCUT2D eigenvalue weighted by Crippen LogP contribution is 2.21. The predicted octanol–water partition coefficient (Wildman–Crippen LogP) is 3.79. The van der Waals surface area contributed by atoms with Crippen molar-refractivity contribution >= 4 is 27.5 Å². The van der Waals surface area contributed by atoms with Gasteiger partial charge in [0.15, 0.2) is 0 Å². The molecule has 1 heterocycles. The van der Waals surface area contributed by atoms with Crippen molar-refractivity contribution in [3.63, 3.8) is 0 Å². The highest BCUT2D eigenvalue weighted by atomic mass is 79.9. The van der Waals surface area contributed by atoms with E-state index in [9.17, 15) is 0 Å². The fourth-order valence-electron chi connectivity index (χ4n) is 1.65. The normalized spacial score (nSPS) is 11.2. The van der Waals surface area contributed by atoms with E-state index in [-0.39, 0.29) is 0 Å². The number of benzene rings is 1. The molecule has 96 valence electrons. The number of nitrogens with one attached hydrogen (secondary N) is 1. The highest BCUT2D eigenvalue weighted by molar-refractivity contribution is 9.10. The van der Waals surface area contributed by atoms with Gasteiger partial charge in [-0.15, -0.1) is 0 Å². The van der Waals surface area contributed by atoms with E-state index in [1.165, 1.54) is 5.56 Å². The summed E-state index contributed by atoms with van der Waals surface area (Å²) in [7, 11) is 0. The molecule has 2 rings (SSSR count). The molecule has 0 spiro atoms. The number of hydrogen-bond acceptors (Lipinski definition) is 2. The van der Waals surface area contributed by atoms with Crippen molar-refractivity contribution in [2.45, 2.75) is 26.4 Å². The topological polar surface area (TPSA) is 29.9 Å². The Morgan fingerprint density at radius 1 is 1.44 bits per heavy atom. The lowest BCUT2D eigenvalue weighted by Gasteiger charge is -2.13. The third-order valence-electron chi connectivity index (χ3n) is 2.55. The number of halogens is 2. The van der Waals surface area contributed by atoms with Gasteiger partial charge >= 0.3 is 0 Å². The summed E-state index contributed by atoms with van der Waals surface area (Å²) >= 11 is 9.41. The monoisotopic (exact) mass is 327 g/mol.